The molecule has 0 saturated carbocycles. The summed E-state index contributed by atoms with van der Waals surface area (Å²) in [6.07, 6.45) is 1.90. The number of carbonyl (C=O) groups is 2. The van der Waals surface area contributed by atoms with Crippen LogP contribution in [-0.2, 0) is 26.5 Å². The molecule has 0 radical (unpaired) electrons. The topological polar surface area (TPSA) is 133 Å². The first kappa shape index (κ1) is 32.3. The molecule has 7 rings (SSSR count). The minimum Gasteiger partial charge on any atom is -0.432 e. The summed E-state index contributed by atoms with van der Waals surface area (Å²) < 4.78 is 8.80. The third kappa shape index (κ3) is 5.47. The molecule has 2 saturated heterocycles. The molecule has 250 valence electrons. The number of aliphatic hydroxyl groups is 1. The van der Waals surface area contributed by atoms with E-state index in [4.69, 9.17) is 4.74 Å². The fourth-order valence-electron chi connectivity index (χ4n) is 8.04. The standard InChI is InChI=1S/C36H42N6O5Si/c1-24-34(48(2,3)46)32(16-18-40-22-30(38-39-40)28(23-43)25-10-6-4-7-11-25)47-36(24)29-20-27(41-19-17-37-21-33(41)44)14-15-31(29)42(35(36)45)26-12-8-5-9-13-26/h4-15,20,22,24,28,32,34,37,43,46H,16-19,21,23H2,1-3H3/t24-,28?,32+,34-,36+/m0/s1. The highest BCUT2D eigenvalue weighted by Gasteiger charge is 2.66. The minimum atomic E-state index is -2.90. The Bertz CT molecular complexity index is 1800. The van der Waals surface area contributed by atoms with Crippen molar-refractivity contribution in [3.05, 3.63) is 102 Å². The highest BCUT2D eigenvalue weighted by molar-refractivity contribution is 6.71. The van der Waals surface area contributed by atoms with Gasteiger partial charge in [-0.3, -0.25) is 19.2 Å². The molecule has 3 aliphatic heterocycles. The van der Waals surface area contributed by atoms with Crippen LogP contribution in [-0.4, -0.2) is 77.4 Å². The predicted octanol–water partition coefficient (Wildman–Crippen LogP) is 3.90. The average Bonchev–Trinajstić information content (AvgIpc) is 3.74. The second-order valence-corrected chi connectivity index (χ2v) is 17.6. The van der Waals surface area contributed by atoms with Crippen molar-refractivity contribution in [2.45, 2.75) is 56.1 Å². The Hall–Kier alpha value is -4.20. The maximum atomic E-state index is 14.9. The highest BCUT2D eigenvalue weighted by atomic mass is 28.4. The molecule has 5 atom stereocenters. The number of anilines is 3. The highest BCUT2D eigenvalue weighted by Crippen LogP contribution is 2.61. The number of fused-ring (bicyclic) bond motifs is 2. The quantitative estimate of drug-likeness (QED) is 0.229. The van der Waals surface area contributed by atoms with Crippen molar-refractivity contribution in [1.82, 2.24) is 20.3 Å². The molecule has 0 aliphatic carbocycles. The third-order valence-corrected chi connectivity index (χ3v) is 12.7. The van der Waals surface area contributed by atoms with E-state index in [9.17, 15) is 19.5 Å². The maximum absolute atomic E-state index is 14.9. The lowest BCUT2D eigenvalue weighted by molar-refractivity contribution is -0.145. The Morgan fingerprint density at radius 3 is 2.46 bits per heavy atom. The normalized spacial score (nSPS) is 24.8. The first-order valence-corrected chi connectivity index (χ1v) is 19.7. The summed E-state index contributed by atoms with van der Waals surface area (Å²) in [5.74, 6) is -0.869. The molecule has 1 unspecified atom stereocenters. The number of aromatic nitrogens is 3. The van der Waals surface area contributed by atoms with E-state index in [-0.39, 0.29) is 42.3 Å². The zero-order valence-electron chi connectivity index (χ0n) is 27.5. The van der Waals surface area contributed by atoms with Crippen molar-refractivity contribution in [2.75, 3.05) is 36.0 Å². The van der Waals surface area contributed by atoms with Gasteiger partial charge in [0, 0.05) is 54.2 Å². The maximum Gasteiger partial charge on any atom is 0.268 e. The number of para-hydroxylation sites is 1. The van der Waals surface area contributed by atoms with Gasteiger partial charge in [-0.05, 0) is 55.4 Å². The molecule has 2 fully saturated rings. The summed E-state index contributed by atoms with van der Waals surface area (Å²) in [5.41, 5.74) is 2.89. The molecular formula is C36H42N6O5Si. The van der Waals surface area contributed by atoms with E-state index in [2.05, 4.69) is 15.6 Å². The van der Waals surface area contributed by atoms with Gasteiger partial charge in [0.05, 0.1) is 36.6 Å². The number of nitrogens with zero attached hydrogens (tertiary/aromatic N) is 5. The zero-order valence-corrected chi connectivity index (χ0v) is 28.5. The molecule has 4 aromatic rings. The third-order valence-electron chi connectivity index (χ3n) is 10.2. The van der Waals surface area contributed by atoms with Crippen LogP contribution in [0, 0.1) is 5.92 Å². The van der Waals surface area contributed by atoms with Crippen molar-refractivity contribution in [2.24, 2.45) is 5.92 Å². The van der Waals surface area contributed by atoms with Crippen LogP contribution in [0.1, 0.15) is 36.1 Å². The number of ether oxygens (including phenoxy) is 1. The van der Waals surface area contributed by atoms with E-state index in [0.717, 1.165) is 28.2 Å². The van der Waals surface area contributed by atoms with Crippen molar-refractivity contribution < 1.29 is 24.2 Å². The summed E-state index contributed by atoms with van der Waals surface area (Å²) >= 11 is 0. The van der Waals surface area contributed by atoms with Gasteiger partial charge in [-0.1, -0.05) is 60.7 Å². The number of piperazine rings is 1. The van der Waals surface area contributed by atoms with Gasteiger partial charge < -0.3 is 24.9 Å². The largest absolute Gasteiger partial charge is 0.432 e. The molecule has 0 bridgehead atoms. The molecular weight excluding hydrogens is 625 g/mol. The summed E-state index contributed by atoms with van der Waals surface area (Å²) in [5, 5.41) is 22.0. The number of hydrogen-bond donors (Lipinski definition) is 3. The van der Waals surface area contributed by atoms with Crippen LogP contribution < -0.4 is 15.1 Å². The molecule has 2 amide bonds. The minimum absolute atomic E-state index is 0.0255. The van der Waals surface area contributed by atoms with E-state index in [1.165, 1.54) is 0 Å². The number of hydrogen-bond acceptors (Lipinski definition) is 8. The summed E-state index contributed by atoms with van der Waals surface area (Å²) in [6.45, 7) is 7.66. The van der Waals surface area contributed by atoms with Gasteiger partial charge >= 0.3 is 0 Å². The Kier molecular flexibility index (Phi) is 8.54. The average molecular weight is 667 g/mol. The van der Waals surface area contributed by atoms with E-state index in [1.54, 1.807) is 14.5 Å². The van der Waals surface area contributed by atoms with E-state index in [0.29, 0.717) is 31.7 Å². The molecule has 48 heavy (non-hydrogen) atoms. The van der Waals surface area contributed by atoms with E-state index >= 15 is 0 Å². The van der Waals surface area contributed by atoms with Crippen LogP contribution >= 0.6 is 0 Å². The number of rotatable bonds is 9. The fraction of sp³-hybridized carbons (Fsp3) is 0.389. The van der Waals surface area contributed by atoms with Gasteiger partial charge in [0.15, 0.2) is 13.9 Å². The van der Waals surface area contributed by atoms with Crippen LogP contribution in [0.25, 0.3) is 0 Å². The molecule has 11 nitrogen and oxygen atoms in total. The van der Waals surface area contributed by atoms with Gasteiger partial charge in [0.25, 0.3) is 5.91 Å². The monoisotopic (exact) mass is 666 g/mol. The van der Waals surface area contributed by atoms with Gasteiger partial charge in [0.2, 0.25) is 5.91 Å². The van der Waals surface area contributed by atoms with E-state index < -0.39 is 20.0 Å². The Labute approximate surface area is 281 Å². The lowest BCUT2D eigenvalue weighted by Crippen LogP contribution is -2.48. The summed E-state index contributed by atoms with van der Waals surface area (Å²) in [6, 6.07) is 25.0. The number of nitrogens with one attached hydrogen (secondary N) is 1. The molecule has 1 aromatic heterocycles. The van der Waals surface area contributed by atoms with E-state index in [1.807, 2.05) is 105 Å². The molecule has 1 spiro atoms. The van der Waals surface area contributed by atoms with Crippen LogP contribution in [0.5, 0.6) is 0 Å². The summed E-state index contributed by atoms with van der Waals surface area (Å²) in [4.78, 5) is 43.0. The number of benzene rings is 3. The van der Waals surface area contributed by atoms with Gasteiger partial charge in [-0.2, -0.15) is 0 Å². The van der Waals surface area contributed by atoms with Crippen molar-refractivity contribution >= 4 is 37.2 Å². The van der Waals surface area contributed by atoms with Gasteiger partial charge in [0.1, 0.15) is 0 Å². The van der Waals surface area contributed by atoms with Crippen LogP contribution in [0.2, 0.25) is 18.6 Å². The van der Waals surface area contributed by atoms with Gasteiger partial charge in [-0.25, -0.2) is 0 Å². The predicted molar refractivity (Wildman–Crippen MR) is 184 cm³/mol. The second kappa shape index (κ2) is 12.7. The number of amides is 2. The zero-order chi connectivity index (χ0) is 33.6. The SMILES string of the molecule is C[C@H]1[C@H]([Si](C)(C)O)[C@@H](CCn2cc(C(CO)c3ccccc3)nn2)O[C@]12C(=O)N(c1ccccc1)c1ccc(N3CCNCC3=O)cc12. The number of carbonyl (C=O) groups excluding carboxylic acids is 2. The van der Waals surface area contributed by atoms with Gasteiger partial charge in [-0.15, -0.1) is 5.10 Å². The van der Waals surface area contributed by atoms with Crippen molar-refractivity contribution in [1.29, 1.82) is 0 Å². The fourth-order valence-corrected chi connectivity index (χ4v) is 10.6. The molecule has 3 aromatic carbocycles. The van der Waals surface area contributed by atoms with Crippen LogP contribution in [0.4, 0.5) is 17.1 Å². The van der Waals surface area contributed by atoms with Crippen molar-refractivity contribution in [3.8, 4) is 0 Å². The lowest BCUT2D eigenvalue weighted by atomic mass is 9.82. The second-order valence-electron chi connectivity index (χ2n) is 13.6. The van der Waals surface area contributed by atoms with Crippen molar-refractivity contribution in [3.63, 3.8) is 0 Å². The molecule has 3 aliphatic rings. The molecule has 4 heterocycles. The number of aliphatic hydroxyl groups excluding tert-OH is 1. The van der Waals surface area contributed by atoms with Crippen LogP contribution in [0.15, 0.2) is 85.1 Å². The Balaban J connectivity index is 1.24. The first-order valence-electron chi connectivity index (χ1n) is 16.6. The van der Waals surface area contributed by atoms with Crippen LogP contribution in [0.3, 0.4) is 0 Å². The lowest BCUT2D eigenvalue weighted by Gasteiger charge is -2.33. The Morgan fingerprint density at radius 2 is 1.77 bits per heavy atom. The number of aryl methyl sites for hydroxylation is 1. The molecule has 3 N–H and O–H groups in total. The smallest absolute Gasteiger partial charge is 0.268 e. The molecule has 12 heteroatoms. The first-order chi connectivity index (χ1) is 23.1. The summed E-state index contributed by atoms with van der Waals surface area (Å²) in [7, 11) is -2.90. The Morgan fingerprint density at radius 1 is 1.04 bits per heavy atom.